The molecule has 0 aliphatic carbocycles. The van der Waals surface area contributed by atoms with Gasteiger partial charge in [0.25, 0.3) is 0 Å². The predicted octanol–water partition coefficient (Wildman–Crippen LogP) is -1.30. The number of carbonyl (C=O) groups excluding carboxylic acids is 2. The number of carboxylic acid groups (broad SMARTS) is 2. The number of hydrogen-bond acceptors (Lipinski definition) is 5. The molecule has 0 aliphatic rings. The lowest BCUT2D eigenvalue weighted by Gasteiger charge is -2.19. The van der Waals surface area contributed by atoms with E-state index in [0.717, 1.165) is 6.42 Å². The fourth-order valence-electron chi connectivity index (χ4n) is 1.03. The number of carbonyl (C=O) groups is 2. The lowest BCUT2D eigenvalue weighted by Crippen LogP contribution is -2.37. The summed E-state index contributed by atoms with van der Waals surface area (Å²) in [5.41, 5.74) is 0. The molecule has 0 radical (unpaired) electrons. The molecule has 0 saturated carbocycles. The average molecular weight is 216 g/mol. The van der Waals surface area contributed by atoms with Crippen molar-refractivity contribution in [2.24, 2.45) is 5.92 Å². The van der Waals surface area contributed by atoms with Crippen molar-refractivity contribution in [3.8, 4) is 0 Å². The third-order valence-electron chi connectivity index (χ3n) is 2.19. The van der Waals surface area contributed by atoms with Gasteiger partial charge < -0.3 is 24.5 Å². The smallest absolute Gasteiger partial charge is 0.0544 e. The van der Waals surface area contributed by atoms with E-state index >= 15 is 0 Å². The first-order chi connectivity index (χ1) is 6.97. The summed E-state index contributed by atoms with van der Waals surface area (Å²) in [5, 5.41) is 20.7. The molecule has 2 unspecified atom stereocenters. The van der Waals surface area contributed by atoms with Gasteiger partial charge in [0.2, 0.25) is 0 Å². The van der Waals surface area contributed by atoms with Gasteiger partial charge in [-0.3, -0.25) is 0 Å². The zero-order chi connectivity index (χ0) is 11.8. The van der Waals surface area contributed by atoms with Crippen LogP contribution in [0.3, 0.4) is 0 Å². The van der Waals surface area contributed by atoms with Crippen LogP contribution in [0, 0.1) is 5.92 Å². The molecular formula is C10H16O5-2. The van der Waals surface area contributed by atoms with Crippen molar-refractivity contribution in [3.63, 3.8) is 0 Å². The number of aliphatic carboxylic acids is 2. The number of ether oxygens (including phenoxy) is 1. The van der Waals surface area contributed by atoms with Gasteiger partial charge in [0.1, 0.15) is 0 Å². The van der Waals surface area contributed by atoms with E-state index in [1.807, 2.05) is 13.8 Å². The van der Waals surface area contributed by atoms with Crippen molar-refractivity contribution >= 4 is 11.9 Å². The van der Waals surface area contributed by atoms with Gasteiger partial charge in [-0.2, -0.15) is 0 Å². The Bertz CT molecular complexity index is 214. The van der Waals surface area contributed by atoms with Gasteiger partial charge in [0.15, 0.2) is 0 Å². The van der Waals surface area contributed by atoms with Crippen LogP contribution < -0.4 is 10.2 Å². The first kappa shape index (κ1) is 13.9. The normalized spacial score (nSPS) is 14.5. The lowest BCUT2D eigenvalue weighted by molar-refractivity contribution is -0.321. The quantitative estimate of drug-likeness (QED) is 0.503. The van der Waals surface area contributed by atoms with E-state index in [1.165, 1.54) is 0 Å². The molecule has 0 amide bonds. The van der Waals surface area contributed by atoms with Crippen LogP contribution in [0.2, 0.25) is 0 Å². The van der Waals surface area contributed by atoms with E-state index in [2.05, 4.69) is 0 Å². The second-order valence-corrected chi connectivity index (χ2v) is 3.47. The van der Waals surface area contributed by atoms with Crippen LogP contribution >= 0.6 is 0 Å². The average Bonchev–Trinajstić information content (AvgIpc) is 2.15. The van der Waals surface area contributed by atoms with Gasteiger partial charge in [-0.25, -0.2) is 0 Å². The van der Waals surface area contributed by atoms with E-state index < -0.39 is 24.3 Å². The monoisotopic (exact) mass is 216 g/mol. The number of carboxylic acids is 2. The van der Waals surface area contributed by atoms with Crippen molar-refractivity contribution < 1.29 is 24.5 Å². The minimum atomic E-state index is -1.38. The Labute approximate surface area is 89.0 Å². The maximum absolute atomic E-state index is 10.5. The van der Waals surface area contributed by atoms with Crippen LogP contribution in [0.4, 0.5) is 0 Å². The van der Waals surface area contributed by atoms with Gasteiger partial charge in [0.05, 0.1) is 6.10 Å². The third kappa shape index (κ3) is 6.90. The van der Waals surface area contributed by atoms with Crippen LogP contribution in [0.15, 0.2) is 0 Å². The van der Waals surface area contributed by atoms with Crippen molar-refractivity contribution in [1.29, 1.82) is 0 Å². The highest BCUT2D eigenvalue weighted by Gasteiger charge is 2.11. The summed E-state index contributed by atoms with van der Waals surface area (Å²) in [4.78, 5) is 20.7. The van der Waals surface area contributed by atoms with Crippen LogP contribution in [0.5, 0.6) is 0 Å². The van der Waals surface area contributed by atoms with E-state index in [9.17, 15) is 19.8 Å². The molecule has 88 valence electrons. The standard InChI is InChI=1S/C10H18O5/c1-3-7(2)15-5-4-8(10(13)14)6-9(11)12/h7-8H,3-6H2,1-2H3,(H,11,12)(H,13,14)/p-2. The van der Waals surface area contributed by atoms with Gasteiger partial charge in [-0.1, -0.05) is 6.92 Å². The first-order valence-electron chi connectivity index (χ1n) is 4.99. The summed E-state index contributed by atoms with van der Waals surface area (Å²) in [5.74, 6) is -3.78. The topological polar surface area (TPSA) is 89.5 Å². The molecule has 0 saturated heterocycles. The Morgan fingerprint density at radius 3 is 2.33 bits per heavy atom. The maximum Gasteiger partial charge on any atom is 0.0544 e. The van der Waals surface area contributed by atoms with Gasteiger partial charge >= 0.3 is 0 Å². The van der Waals surface area contributed by atoms with Crippen LogP contribution in [0.25, 0.3) is 0 Å². The van der Waals surface area contributed by atoms with Gasteiger partial charge in [0, 0.05) is 24.5 Å². The van der Waals surface area contributed by atoms with Crippen molar-refractivity contribution in [2.75, 3.05) is 6.61 Å². The molecule has 0 aromatic rings. The first-order valence-corrected chi connectivity index (χ1v) is 4.99. The Hall–Kier alpha value is -1.10. The molecule has 0 aromatic carbocycles. The van der Waals surface area contributed by atoms with Crippen LogP contribution in [-0.4, -0.2) is 24.6 Å². The van der Waals surface area contributed by atoms with E-state index in [0.29, 0.717) is 0 Å². The number of rotatable bonds is 8. The summed E-state index contributed by atoms with van der Waals surface area (Å²) >= 11 is 0. The second-order valence-electron chi connectivity index (χ2n) is 3.47. The minimum Gasteiger partial charge on any atom is -0.550 e. The SMILES string of the molecule is CCC(C)OCCC(CC(=O)[O-])C(=O)[O-]. The van der Waals surface area contributed by atoms with Crippen LogP contribution in [0.1, 0.15) is 33.1 Å². The summed E-state index contributed by atoms with van der Waals surface area (Å²) in [6.07, 6.45) is 0.499. The third-order valence-corrected chi connectivity index (χ3v) is 2.19. The highest BCUT2D eigenvalue weighted by molar-refractivity contribution is 5.75. The minimum absolute atomic E-state index is 0.0513. The molecule has 5 heteroatoms. The highest BCUT2D eigenvalue weighted by Crippen LogP contribution is 2.08. The molecule has 2 atom stereocenters. The molecule has 5 nitrogen and oxygen atoms in total. The second kappa shape index (κ2) is 7.23. The van der Waals surface area contributed by atoms with E-state index in [4.69, 9.17) is 4.74 Å². The zero-order valence-corrected chi connectivity index (χ0v) is 9.02. The number of hydrogen-bond donors (Lipinski definition) is 0. The molecule has 0 bridgehead atoms. The Kier molecular flexibility index (Phi) is 6.70. The molecule has 15 heavy (non-hydrogen) atoms. The van der Waals surface area contributed by atoms with Crippen molar-refractivity contribution in [2.45, 2.75) is 39.2 Å². The molecular weight excluding hydrogens is 200 g/mol. The Balaban J connectivity index is 3.86. The summed E-state index contributed by atoms with van der Waals surface area (Å²) in [6.45, 7) is 4.04. The summed E-state index contributed by atoms with van der Waals surface area (Å²) in [6, 6.07) is 0. The molecule has 0 aromatic heterocycles. The zero-order valence-electron chi connectivity index (χ0n) is 9.02. The molecule has 0 heterocycles. The van der Waals surface area contributed by atoms with Crippen molar-refractivity contribution in [1.82, 2.24) is 0 Å². The summed E-state index contributed by atoms with van der Waals surface area (Å²) < 4.78 is 5.25. The predicted molar refractivity (Wildman–Crippen MR) is 48.4 cm³/mol. The molecule has 0 spiro atoms. The van der Waals surface area contributed by atoms with E-state index in [-0.39, 0.29) is 19.1 Å². The molecule has 0 N–H and O–H groups in total. The lowest BCUT2D eigenvalue weighted by atomic mass is 10.0. The van der Waals surface area contributed by atoms with Crippen molar-refractivity contribution in [3.05, 3.63) is 0 Å². The van der Waals surface area contributed by atoms with Gasteiger partial charge in [-0.15, -0.1) is 0 Å². The molecule has 0 rings (SSSR count). The van der Waals surface area contributed by atoms with Gasteiger partial charge in [-0.05, 0) is 26.2 Å². The Morgan fingerprint density at radius 1 is 1.33 bits per heavy atom. The summed E-state index contributed by atoms with van der Waals surface area (Å²) in [7, 11) is 0. The molecule has 0 aliphatic heterocycles. The maximum atomic E-state index is 10.5. The molecule has 0 fully saturated rings. The fourth-order valence-corrected chi connectivity index (χ4v) is 1.03. The van der Waals surface area contributed by atoms with Crippen LogP contribution in [-0.2, 0) is 14.3 Å². The fraction of sp³-hybridized carbons (Fsp3) is 0.800. The Morgan fingerprint density at radius 2 is 1.93 bits per heavy atom. The highest BCUT2D eigenvalue weighted by atomic mass is 16.5. The van der Waals surface area contributed by atoms with E-state index in [1.54, 1.807) is 0 Å². The largest absolute Gasteiger partial charge is 0.550 e.